The minimum atomic E-state index is -0.372. The van der Waals surface area contributed by atoms with Crippen LogP contribution in [0.5, 0.6) is 5.75 Å². The van der Waals surface area contributed by atoms with Crippen LogP contribution in [0.1, 0.15) is 44.6 Å². The van der Waals surface area contributed by atoms with Gasteiger partial charge in [-0.1, -0.05) is 0 Å². The lowest BCUT2D eigenvalue weighted by atomic mass is 9.88. The van der Waals surface area contributed by atoms with E-state index in [-0.39, 0.29) is 18.1 Å². The molecule has 3 saturated heterocycles. The molecule has 36 heavy (non-hydrogen) atoms. The number of ether oxygens (including phenoxy) is 2. The third-order valence-corrected chi connectivity index (χ3v) is 7.84. The number of rotatable bonds is 7. The number of nitriles is 1. The van der Waals surface area contributed by atoms with Gasteiger partial charge in [0.1, 0.15) is 18.4 Å². The topological polar surface area (TPSA) is 81.9 Å². The van der Waals surface area contributed by atoms with Gasteiger partial charge in [-0.15, -0.1) is 0 Å². The summed E-state index contributed by atoms with van der Waals surface area (Å²) < 4.78 is 12.1. The summed E-state index contributed by atoms with van der Waals surface area (Å²) in [7, 11) is 0. The van der Waals surface area contributed by atoms with Crippen LogP contribution in [0.3, 0.4) is 0 Å². The highest BCUT2D eigenvalue weighted by molar-refractivity contribution is 5.95. The number of pyridine rings is 1. The average molecular weight is 490 g/mol. The summed E-state index contributed by atoms with van der Waals surface area (Å²) in [6.07, 6.45) is 8.49. The normalized spacial score (nSPS) is 22.1. The highest BCUT2D eigenvalue weighted by Gasteiger charge is 2.43. The fraction of sp³-hybridized carbons (Fsp3) is 0.536. The summed E-state index contributed by atoms with van der Waals surface area (Å²) in [6.45, 7) is 7.64. The molecule has 8 heteroatoms. The van der Waals surface area contributed by atoms with Crippen LogP contribution in [0.4, 0.5) is 11.4 Å². The predicted molar refractivity (Wildman–Crippen MR) is 138 cm³/mol. The van der Waals surface area contributed by atoms with Crippen LogP contribution in [0.25, 0.3) is 0 Å². The lowest BCUT2D eigenvalue weighted by molar-refractivity contribution is -0.141. The molecule has 0 bridgehead atoms. The summed E-state index contributed by atoms with van der Waals surface area (Å²) >= 11 is 0. The molecule has 3 aliphatic rings. The molecule has 5 rings (SSSR count). The molecule has 0 N–H and O–H groups in total. The molecule has 1 atom stereocenters. The Morgan fingerprint density at radius 2 is 1.97 bits per heavy atom. The summed E-state index contributed by atoms with van der Waals surface area (Å²) in [5, 5.41) is 9.19. The van der Waals surface area contributed by atoms with Gasteiger partial charge in [-0.2, -0.15) is 5.26 Å². The van der Waals surface area contributed by atoms with Crippen LogP contribution in [-0.2, 0) is 9.53 Å². The zero-order valence-electron chi connectivity index (χ0n) is 21.1. The maximum Gasteiger partial charge on any atom is 0.253 e. The molecule has 0 unspecified atom stereocenters. The van der Waals surface area contributed by atoms with Gasteiger partial charge in [0.05, 0.1) is 36.2 Å². The van der Waals surface area contributed by atoms with Gasteiger partial charge in [-0.05, 0) is 75.9 Å². The van der Waals surface area contributed by atoms with Crippen LogP contribution < -0.4 is 14.5 Å². The standard InChI is InChI=1S/C28H35N5O3/c1-22-4-2-11-31(22)12-3-15-35-26-7-5-24(6-8-26)32-13-9-28(10-14-32)21-33(27(34)20-36-28)25-16-23(17-29)18-30-19-25/h5-8,16,18-19,22H,2-4,9-15,20-21H2,1H3/t22-/m1/s1. The second kappa shape index (κ2) is 10.9. The molecule has 1 spiro atoms. The molecular weight excluding hydrogens is 454 g/mol. The molecule has 1 aromatic carbocycles. The lowest BCUT2D eigenvalue weighted by Gasteiger charge is -2.47. The SMILES string of the molecule is C[C@@H]1CCCN1CCCOc1ccc(N2CCC3(CC2)CN(c2cncc(C#N)c2)C(=O)CO3)cc1. The Hall–Kier alpha value is -3.15. The predicted octanol–water partition coefficient (Wildman–Crippen LogP) is 3.61. The number of amides is 1. The van der Waals surface area contributed by atoms with Crippen molar-refractivity contribution < 1.29 is 14.3 Å². The van der Waals surface area contributed by atoms with Crippen molar-refractivity contribution in [3.05, 3.63) is 48.3 Å². The van der Waals surface area contributed by atoms with Gasteiger partial charge in [0.2, 0.25) is 0 Å². The van der Waals surface area contributed by atoms with E-state index < -0.39 is 0 Å². The molecule has 0 radical (unpaired) electrons. The number of morpholine rings is 1. The number of hydrogen-bond acceptors (Lipinski definition) is 7. The van der Waals surface area contributed by atoms with Gasteiger partial charge < -0.3 is 24.2 Å². The Morgan fingerprint density at radius 1 is 1.17 bits per heavy atom. The fourth-order valence-electron chi connectivity index (χ4n) is 5.60. The average Bonchev–Trinajstić information content (AvgIpc) is 3.33. The third kappa shape index (κ3) is 5.48. The number of anilines is 2. The number of carbonyl (C=O) groups excluding carboxylic acids is 1. The van der Waals surface area contributed by atoms with Gasteiger partial charge >= 0.3 is 0 Å². The van der Waals surface area contributed by atoms with Crippen LogP contribution >= 0.6 is 0 Å². The number of piperidine rings is 1. The Kier molecular flexibility index (Phi) is 7.40. The number of hydrogen-bond donors (Lipinski definition) is 0. The minimum Gasteiger partial charge on any atom is -0.494 e. The number of benzene rings is 1. The van der Waals surface area contributed by atoms with Crippen molar-refractivity contribution in [3.8, 4) is 11.8 Å². The first-order valence-electron chi connectivity index (χ1n) is 13.1. The second-order valence-electron chi connectivity index (χ2n) is 10.2. The number of carbonyl (C=O) groups is 1. The minimum absolute atomic E-state index is 0.0550. The quantitative estimate of drug-likeness (QED) is 0.550. The molecule has 1 amide bonds. The number of aromatic nitrogens is 1. The Bertz CT molecular complexity index is 1090. The molecule has 1 aromatic heterocycles. The monoisotopic (exact) mass is 489 g/mol. The highest BCUT2D eigenvalue weighted by atomic mass is 16.5. The van der Waals surface area contributed by atoms with Crippen LogP contribution in [0.15, 0.2) is 42.7 Å². The van der Waals surface area contributed by atoms with Crippen molar-refractivity contribution >= 4 is 17.3 Å². The highest BCUT2D eigenvalue weighted by Crippen LogP contribution is 2.34. The largest absolute Gasteiger partial charge is 0.494 e. The Labute approximate surface area is 213 Å². The third-order valence-electron chi connectivity index (χ3n) is 7.84. The van der Waals surface area contributed by atoms with Gasteiger partial charge in [-0.25, -0.2) is 0 Å². The van der Waals surface area contributed by atoms with E-state index in [9.17, 15) is 10.1 Å². The fourth-order valence-corrected chi connectivity index (χ4v) is 5.60. The second-order valence-corrected chi connectivity index (χ2v) is 10.2. The molecule has 4 heterocycles. The molecule has 8 nitrogen and oxygen atoms in total. The van der Waals surface area contributed by atoms with Crippen molar-refractivity contribution in [3.63, 3.8) is 0 Å². The summed E-state index contributed by atoms with van der Waals surface area (Å²) in [6, 6.07) is 12.9. The summed E-state index contributed by atoms with van der Waals surface area (Å²) in [4.78, 5) is 23.4. The Morgan fingerprint density at radius 3 is 2.69 bits per heavy atom. The van der Waals surface area contributed by atoms with E-state index in [1.807, 2.05) is 0 Å². The molecular formula is C28H35N5O3. The van der Waals surface area contributed by atoms with E-state index in [1.165, 1.54) is 31.3 Å². The first-order chi connectivity index (χ1) is 17.5. The maximum absolute atomic E-state index is 12.6. The van der Waals surface area contributed by atoms with Gasteiger partial charge in [-0.3, -0.25) is 9.78 Å². The van der Waals surface area contributed by atoms with E-state index in [1.54, 1.807) is 17.2 Å². The lowest BCUT2D eigenvalue weighted by Crippen LogP contribution is -2.59. The first kappa shape index (κ1) is 24.5. The molecule has 3 fully saturated rings. The molecule has 0 aliphatic carbocycles. The van der Waals surface area contributed by atoms with E-state index in [4.69, 9.17) is 9.47 Å². The van der Waals surface area contributed by atoms with E-state index in [2.05, 4.69) is 52.0 Å². The molecule has 2 aromatic rings. The smallest absolute Gasteiger partial charge is 0.253 e. The van der Waals surface area contributed by atoms with Crippen molar-refractivity contribution in [1.29, 1.82) is 5.26 Å². The van der Waals surface area contributed by atoms with E-state index in [0.29, 0.717) is 23.8 Å². The van der Waals surface area contributed by atoms with E-state index >= 15 is 0 Å². The zero-order chi connectivity index (χ0) is 25.0. The van der Waals surface area contributed by atoms with Gasteiger partial charge in [0.25, 0.3) is 5.91 Å². The van der Waals surface area contributed by atoms with Gasteiger partial charge in [0, 0.05) is 37.6 Å². The zero-order valence-corrected chi connectivity index (χ0v) is 21.1. The van der Waals surface area contributed by atoms with Crippen molar-refractivity contribution in [2.24, 2.45) is 0 Å². The maximum atomic E-state index is 12.6. The summed E-state index contributed by atoms with van der Waals surface area (Å²) in [5.74, 6) is 0.824. The summed E-state index contributed by atoms with van der Waals surface area (Å²) in [5.41, 5.74) is 1.92. The number of likely N-dealkylation sites (tertiary alicyclic amines) is 1. The van der Waals surface area contributed by atoms with Crippen molar-refractivity contribution in [2.45, 2.75) is 50.7 Å². The van der Waals surface area contributed by atoms with Crippen molar-refractivity contribution in [1.82, 2.24) is 9.88 Å². The van der Waals surface area contributed by atoms with Crippen LogP contribution in [0.2, 0.25) is 0 Å². The number of nitrogens with zero attached hydrogens (tertiary/aromatic N) is 5. The Balaban J connectivity index is 1.12. The van der Waals surface area contributed by atoms with Crippen LogP contribution in [-0.4, -0.2) is 73.4 Å². The van der Waals surface area contributed by atoms with Gasteiger partial charge in [0.15, 0.2) is 0 Å². The molecule has 0 saturated carbocycles. The first-order valence-corrected chi connectivity index (χ1v) is 13.1. The molecule has 3 aliphatic heterocycles. The van der Waals surface area contributed by atoms with E-state index in [0.717, 1.165) is 51.3 Å². The van der Waals surface area contributed by atoms with Crippen LogP contribution in [0, 0.1) is 11.3 Å². The van der Waals surface area contributed by atoms with Crippen molar-refractivity contribution in [2.75, 3.05) is 55.7 Å². The molecule has 190 valence electrons.